The van der Waals surface area contributed by atoms with Gasteiger partial charge in [0.15, 0.2) is 6.61 Å². The monoisotopic (exact) mass is 327 g/mol. The van der Waals surface area contributed by atoms with Crippen LogP contribution in [0.4, 0.5) is 0 Å². The van der Waals surface area contributed by atoms with Crippen LogP contribution in [0, 0.1) is 12.8 Å². The maximum atomic E-state index is 12.0. The van der Waals surface area contributed by atoms with Gasteiger partial charge < -0.3 is 14.8 Å². The van der Waals surface area contributed by atoms with Crippen molar-refractivity contribution in [1.29, 1.82) is 0 Å². The first-order valence-electron chi connectivity index (χ1n) is 7.15. The van der Waals surface area contributed by atoms with E-state index in [9.17, 15) is 9.59 Å². The molecule has 0 saturated carbocycles. The molecule has 0 heterocycles. The molecule has 0 spiro atoms. The second kappa shape index (κ2) is 8.63. The summed E-state index contributed by atoms with van der Waals surface area (Å²) in [4.78, 5) is 23.7. The van der Waals surface area contributed by atoms with Gasteiger partial charge in [0.1, 0.15) is 11.8 Å². The van der Waals surface area contributed by atoms with Crippen molar-refractivity contribution in [3.63, 3.8) is 0 Å². The number of methoxy groups -OCH3 is 1. The van der Waals surface area contributed by atoms with E-state index in [1.54, 1.807) is 18.2 Å². The first kappa shape index (κ1) is 18.3. The summed E-state index contributed by atoms with van der Waals surface area (Å²) < 4.78 is 10.2. The van der Waals surface area contributed by atoms with Crippen LogP contribution >= 0.6 is 11.6 Å². The normalized spacial score (nSPS) is 13.1. The van der Waals surface area contributed by atoms with Crippen LogP contribution in [0.2, 0.25) is 5.02 Å². The largest absolute Gasteiger partial charge is 0.484 e. The number of amides is 1. The van der Waals surface area contributed by atoms with Gasteiger partial charge in [-0.1, -0.05) is 31.9 Å². The topological polar surface area (TPSA) is 64.6 Å². The minimum Gasteiger partial charge on any atom is -0.484 e. The first-order chi connectivity index (χ1) is 10.4. The van der Waals surface area contributed by atoms with Crippen molar-refractivity contribution in [3.8, 4) is 5.75 Å². The average Bonchev–Trinajstić information content (AvgIpc) is 2.50. The van der Waals surface area contributed by atoms with Crippen molar-refractivity contribution in [2.75, 3.05) is 13.7 Å². The molecular formula is C16H22ClNO4. The molecule has 0 bridgehead atoms. The smallest absolute Gasteiger partial charge is 0.328 e. The first-order valence-corrected chi connectivity index (χ1v) is 7.53. The highest BCUT2D eigenvalue weighted by molar-refractivity contribution is 6.30. The second-order valence-electron chi connectivity index (χ2n) is 5.15. The lowest BCUT2D eigenvalue weighted by Gasteiger charge is -2.22. The fourth-order valence-electron chi connectivity index (χ4n) is 1.93. The molecule has 1 N–H and O–H groups in total. The highest BCUT2D eigenvalue weighted by Gasteiger charge is 2.26. The predicted molar refractivity (Wildman–Crippen MR) is 85.1 cm³/mol. The van der Waals surface area contributed by atoms with Crippen molar-refractivity contribution in [2.24, 2.45) is 5.92 Å². The number of ether oxygens (including phenoxy) is 2. The van der Waals surface area contributed by atoms with Gasteiger partial charge in [-0.25, -0.2) is 4.79 Å². The number of carbonyl (C=O) groups is 2. The lowest BCUT2D eigenvalue weighted by Crippen LogP contribution is -2.47. The molecule has 6 heteroatoms. The third-order valence-corrected chi connectivity index (χ3v) is 3.72. The summed E-state index contributed by atoms with van der Waals surface area (Å²) in [5.41, 5.74) is 0.840. The van der Waals surface area contributed by atoms with Gasteiger partial charge in [0.25, 0.3) is 5.91 Å². The van der Waals surface area contributed by atoms with Crippen LogP contribution in [0.1, 0.15) is 25.8 Å². The number of nitrogens with one attached hydrogen (secondary N) is 1. The minimum absolute atomic E-state index is 0.0198. The molecule has 1 rings (SSSR count). The standard InChI is InChI=1S/C16H22ClNO4/c1-5-10(2)15(16(20)21-4)18-14(19)9-22-13-7-6-12(17)8-11(13)3/h6-8,10,15H,5,9H2,1-4H3,(H,18,19)/t10-,15-/m1/s1. The highest BCUT2D eigenvalue weighted by atomic mass is 35.5. The number of rotatable bonds is 7. The molecule has 0 saturated heterocycles. The molecule has 0 fully saturated rings. The van der Waals surface area contributed by atoms with Crippen LogP contribution in [-0.4, -0.2) is 31.6 Å². The second-order valence-corrected chi connectivity index (χ2v) is 5.59. The Morgan fingerprint density at radius 2 is 2.05 bits per heavy atom. The van der Waals surface area contributed by atoms with Crippen LogP contribution < -0.4 is 10.1 Å². The van der Waals surface area contributed by atoms with Crippen molar-refractivity contribution in [1.82, 2.24) is 5.32 Å². The van der Waals surface area contributed by atoms with Crippen LogP contribution in [-0.2, 0) is 14.3 Å². The van der Waals surface area contributed by atoms with Gasteiger partial charge in [-0.3, -0.25) is 4.79 Å². The zero-order valence-electron chi connectivity index (χ0n) is 13.3. The van der Waals surface area contributed by atoms with Gasteiger partial charge in [0, 0.05) is 5.02 Å². The molecule has 0 aromatic heterocycles. The fourth-order valence-corrected chi connectivity index (χ4v) is 2.16. The Morgan fingerprint density at radius 3 is 2.59 bits per heavy atom. The fraction of sp³-hybridized carbons (Fsp3) is 0.500. The van der Waals surface area contributed by atoms with E-state index in [2.05, 4.69) is 5.32 Å². The molecule has 2 atom stereocenters. The summed E-state index contributed by atoms with van der Waals surface area (Å²) in [6.07, 6.45) is 0.747. The van der Waals surface area contributed by atoms with Gasteiger partial charge >= 0.3 is 5.97 Å². The van der Waals surface area contributed by atoms with Gasteiger partial charge in [0.2, 0.25) is 0 Å². The quantitative estimate of drug-likeness (QED) is 0.782. The zero-order chi connectivity index (χ0) is 16.7. The molecule has 1 aromatic rings. The van der Waals surface area contributed by atoms with E-state index in [4.69, 9.17) is 21.1 Å². The molecule has 122 valence electrons. The maximum absolute atomic E-state index is 12.0. The van der Waals surface area contributed by atoms with Gasteiger partial charge in [0.05, 0.1) is 7.11 Å². The molecule has 0 aliphatic heterocycles. The Bertz CT molecular complexity index is 533. The minimum atomic E-state index is -0.669. The summed E-state index contributed by atoms with van der Waals surface area (Å²) in [5.74, 6) is -0.262. The van der Waals surface area contributed by atoms with Gasteiger partial charge in [-0.15, -0.1) is 0 Å². The van der Waals surface area contributed by atoms with E-state index in [-0.39, 0.29) is 18.4 Å². The van der Waals surface area contributed by atoms with Crippen LogP contribution in [0.3, 0.4) is 0 Å². The Balaban J connectivity index is 2.62. The van der Waals surface area contributed by atoms with Crippen LogP contribution in [0.5, 0.6) is 5.75 Å². The molecule has 0 aliphatic carbocycles. The van der Waals surface area contributed by atoms with E-state index in [0.717, 1.165) is 12.0 Å². The summed E-state index contributed by atoms with van der Waals surface area (Å²) >= 11 is 5.86. The molecule has 22 heavy (non-hydrogen) atoms. The van der Waals surface area contributed by atoms with E-state index >= 15 is 0 Å². The van der Waals surface area contributed by atoms with Crippen molar-refractivity contribution >= 4 is 23.5 Å². The predicted octanol–water partition coefficient (Wildman–Crippen LogP) is 2.73. The number of esters is 1. The van der Waals surface area contributed by atoms with E-state index in [1.807, 2.05) is 20.8 Å². The average molecular weight is 328 g/mol. The van der Waals surface area contributed by atoms with E-state index in [1.165, 1.54) is 7.11 Å². The Hall–Kier alpha value is -1.75. The third kappa shape index (κ3) is 5.22. The molecule has 0 unspecified atom stereocenters. The number of hydrogen-bond donors (Lipinski definition) is 1. The van der Waals surface area contributed by atoms with Crippen LogP contribution in [0.15, 0.2) is 18.2 Å². The van der Waals surface area contributed by atoms with Gasteiger partial charge in [-0.2, -0.15) is 0 Å². The molecule has 0 aliphatic rings. The van der Waals surface area contributed by atoms with Crippen molar-refractivity contribution in [2.45, 2.75) is 33.2 Å². The number of aryl methyl sites for hydroxylation is 1. The maximum Gasteiger partial charge on any atom is 0.328 e. The summed E-state index contributed by atoms with van der Waals surface area (Å²) in [6.45, 7) is 5.49. The third-order valence-electron chi connectivity index (χ3n) is 3.48. The van der Waals surface area contributed by atoms with Gasteiger partial charge in [-0.05, 0) is 36.6 Å². The molecule has 1 amide bonds. The number of carbonyl (C=O) groups excluding carboxylic acids is 2. The zero-order valence-corrected chi connectivity index (χ0v) is 14.1. The number of halogens is 1. The molecular weight excluding hydrogens is 306 g/mol. The molecule has 0 radical (unpaired) electrons. The lowest BCUT2D eigenvalue weighted by atomic mass is 9.99. The molecule has 1 aromatic carbocycles. The molecule has 5 nitrogen and oxygen atoms in total. The highest BCUT2D eigenvalue weighted by Crippen LogP contribution is 2.21. The van der Waals surface area contributed by atoms with Crippen LogP contribution in [0.25, 0.3) is 0 Å². The number of benzene rings is 1. The Kier molecular flexibility index (Phi) is 7.18. The SMILES string of the molecule is CC[C@@H](C)[C@@H](NC(=O)COc1ccc(Cl)cc1C)C(=O)OC. The van der Waals surface area contributed by atoms with E-state index < -0.39 is 12.0 Å². The summed E-state index contributed by atoms with van der Waals surface area (Å²) in [6, 6.07) is 4.48. The van der Waals surface area contributed by atoms with Crippen molar-refractivity contribution < 1.29 is 19.1 Å². The Labute approximate surface area is 135 Å². The summed E-state index contributed by atoms with van der Waals surface area (Å²) in [5, 5.41) is 3.26. The summed E-state index contributed by atoms with van der Waals surface area (Å²) in [7, 11) is 1.30. The van der Waals surface area contributed by atoms with Crippen molar-refractivity contribution in [3.05, 3.63) is 28.8 Å². The number of hydrogen-bond acceptors (Lipinski definition) is 4. The Morgan fingerprint density at radius 1 is 1.36 bits per heavy atom. The van der Waals surface area contributed by atoms with E-state index in [0.29, 0.717) is 10.8 Å². The lowest BCUT2D eigenvalue weighted by molar-refractivity contribution is -0.146.